The van der Waals surface area contributed by atoms with Gasteiger partial charge in [0.25, 0.3) is 0 Å². The highest BCUT2D eigenvalue weighted by Gasteiger charge is 2.40. The topological polar surface area (TPSA) is 85.3 Å². The lowest BCUT2D eigenvalue weighted by Crippen LogP contribution is -2.36. The molecule has 2 N–H and O–H groups in total. The van der Waals surface area contributed by atoms with E-state index in [-0.39, 0.29) is 38.3 Å². The number of benzene rings is 2. The average molecular weight is 687 g/mol. The van der Waals surface area contributed by atoms with Crippen molar-refractivity contribution in [3.63, 3.8) is 0 Å². The van der Waals surface area contributed by atoms with Crippen molar-refractivity contribution in [2.24, 2.45) is 5.92 Å². The van der Waals surface area contributed by atoms with Crippen LogP contribution in [0.25, 0.3) is 11.0 Å². The number of carbonyl (C=O) groups excluding carboxylic acids is 1. The van der Waals surface area contributed by atoms with Gasteiger partial charge in [0.15, 0.2) is 0 Å². The highest BCUT2D eigenvalue weighted by molar-refractivity contribution is 7.83. The summed E-state index contributed by atoms with van der Waals surface area (Å²) in [5, 5.41) is 2.62. The molecule has 0 spiro atoms. The average Bonchev–Trinajstić information content (AvgIpc) is 3.34. The monoisotopic (exact) mass is 686 g/mol. The number of aromatic nitrogens is 2. The molecule has 0 radical (unpaired) electrons. The summed E-state index contributed by atoms with van der Waals surface area (Å²) in [6.45, 7) is 9.08. The van der Waals surface area contributed by atoms with Crippen LogP contribution in [0.4, 0.5) is 22.0 Å². The standard InChI is InChI=1S/C32H43F5N4O3SSi/c1-22(38-28(42)14-17-32(35,36)37)24-10-11-27-26(20-24)39-30(41(27)21-44-18-19-46(2,3)4)29(23-12-15-31(33,34)16-13-23)40-45(43)25-8-6-5-7-9-25/h5-11,20,22-23,29,40H,12-19,21H2,1-4H3,(H,38,42)/t22-,29+,45?/m1/s1. The number of carbonyl (C=O) groups is 1. The van der Waals surface area contributed by atoms with Gasteiger partial charge in [-0.25, -0.2) is 22.7 Å². The van der Waals surface area contributed by atoms with Crippen LogP contribution in [0, 0.1) is 5.92 Å². The second kappa shape index (κ2) is 15.0. The van der Waals surface area contributed by atoms with Gasteiger partial charge in [0.05, 0.1) is 34.4 Å². The van der Waals surface area contributed by atoms with Gasteiger partial charge >= 0.3 is 6.18 Å². The number of hydrogen-bond acceptors (Lipinski definition) is 4. The molecule has 2 aromatic carbocycles. The van der Waals surface area contributed by atoms with Crippen LogP contribution in [0.1, 0.15) is 68.9 Å². The second-order valence-corrected chi connectivity index (χ2v) is 20.1. The molecule has 0 saturated heterocycles. The summed E-state index contributed by atoms with van der Waals surface area (Å²) in [5.41, 5.74) is 1.87. The molecule has 0 bridgehead atoms. The molecule has 1 heterocycles. The fourth-order valence-electron chi connectivity index (χ4n) is 5.48. The first-order valence-corrected chi connectivity index (χ1v) is 20.4. The highest BCUT2D eigenvalue weighted by Crippen LogP contribution is 2.42. The molecule has 1 aromatic heterocycles. The van der Waals surface area contributed by atoms with Crippen molar-refractivity contribution < 1.29 is 35.7 Å². The van der Waals surface area contributed by atoms with Crippen molar-refractivity contribution in [2.45, 2.75) is 107 Å². The van der Waals surface area contributed by atoms with Gasteiger partial charge < -0.3 is 14.6 Å². The Morgan fingerprint density at radius 1 is 1.13 bits per heavy atom. The number of hydrogen-bond donors (Lipinski definition) is 2. The van der Waals surface area contributed by atoms with E-state index in [9.17, 15) is 31.0 Å². The van der Waals surface area contributed by atoms with Gasteiger partial charge in [-0.1, -0.05) is 43.9 Å². The first kappa shape index (κ1) is 36.2. The largest absolute Gasteiger partial charge is 0.389 e. The molecule has 14 heteroatoms. The van der Waals surface area contributed by atoms with E-state index < -0.39 is 62.0 Å². The number of nitrogens with one attached hydrogen (secondary N) is 2. The zero-order valence-corrected chi connectivity index (χ0v) is 28.4. The Hall–Kier alpha value is -2.68. The Morgan fingerprint density at radius 2 is 1.80 bits per heavy atom. The number of fused-ring (bicyclic) bond motifs is 1. The van der Waals surface area contributed by atoms with Crippen molar-refractivity contribution in [1.29, 1.82) is 0 Å². The number of nitrogens with zero attached hydrogens (tertiary/aromatic N) is 2. The zero-order valence-electron chi connectivity index (χ0n) is 26.6. The van der Waals surface area contributed by atoms with Crippen LogP contribution in [0.15, 0.2) is 53.4 Å². The van der Waals surface area contributed by atoms with E-state index in [1.54, 1.807) is 43.3 Å². The summed E-state index contributed by atoms with van der Waals surface area (Å²) >= 11 is 0. The first-order chi connectivity index (χ1) is 21.5. The first-order valence-electron chi connectivity index (χ1n) is 15.6. The van der Waals surface area contributed by atoms with E-state index in [1.165, 1.54) is 0 Å². The van der Waals surface area contributed by atoms with Crippen LogP contribution >= 0.6 is 0 Å². The van der Waals surface area contributed by atoms with Crippen molar-refractivity contribution in [2.75, 3.05) is 6.61 Å². The van der Waals surface area contributed by atoms with E-state index in [2.05, 4.69) is 29.7 Å². The molecule has 1 unspecified atom stereocenters. The summed E-state index contributed by atoms with van der Waals surface area (Å²) in [4.78, 5) is 17.7. The maximum Gasteiger partial charge on any atom is 0.389 e. The molecule has 1 saturated carbocycles. The minimum Gasteiger partial charge on any atom is -0.361 e. The third kappa shape index (κ3) is 10.4. The van der Waals surface area contributed by atoms with Crippen LogP contribution in [0.3, 0.4) is 0 Å². The summed E-state index contributed by atoms with van der Waals surface area (Å²) in [5.74, 6) is -3.25. The lowest BCUT2D eigenvalue weighted by molar-refractivity contribution is -0.144. The third-order valence-corrected chi connectivity index (χ3v) is 11.1. The van der Waals surface area contributed by atoms with Gasteiger partial charge in [0.1, 0.15) is 23.5 Å². The SMILES string of the molecule is C[C@@H](NC(=O)CCC(F)(F)F)c1ccc2c(c1)nc([C@@H](NS(=O)c1ccccc1)C1CCC(F)(F)CC1)n2COCC[Si](C)(C)C. The maximum atomic E-state index is 14.2. The quantitative estimate of drug-likeness (QED) is 0.102. The lowest BCUT2D eigenvalue weighted by atomic mass is 9.82. The van der Waals surface area contributed by atoms with E-state index >= 15 is 0 Å². The van der Waals surface area contributed by atoms with Crippen LogP contribution < -0.4 is 10.0 Å². The zero-order chi connectivity index (χ0) is 33.7. The fraction of sp³-hybridized carbons (Fsp3) is 0.562. The summed E-state index contributed by atoms with van der Waals surface area (Å²) in [7, 11) is -3.05. The molecular weight excluding hydrogens is 644 g/mol. The van der Waals surface area contributed by atoms with Crippen LogP contribution in [-0.4, -0.2) is 46.4 Å². The van der Waals surface area contributed by atoms with E-state index in [0.29, 0.717) is 33.9 Å². The third-order valence-electron chi connectivity index (χ3n) is 8.23. The number of alkyl halides is 5. The van der Waals surface area contributed by atoms with Crippen LogP contribution in [0.2, 0.25) is 25.7 Å². The predicted molar refractivity (Wildman–Crippen MR) is 171 cm³/mol. The van der Waals surface area contributed by atoms with Crippen molar-refractivity contribution in [3.8, 4) is 0 Å². The summed E-state index contributed by atoms with van der Waals surface area (Å²) in [6.07, 6.45) is -6.45. The minimum atomic E-state index is -4.43. The number of halogens is 5. The Morgan fingerprint density at radius 3 is 2.43 bits per heavy atom. The number of imidazole rings is 1. The Kier molecular flexibility index (Phi) is 11.8. The van der Waals surface area contributed by atoms with Gasteiger partial charge in [0.2, 0.25) is 11.8 Å². The van der Waals surface area contributed by atoms with Crippen LogP contribution in [-0.2, 0) is 27.2 Å². The summed E-state index contributed by atoms with van der Waals surface area (Å²) in [6, 6.07) is 13.9. The normalized spacial score (nSPS) is 17.9. The fourth-order valence-corrected chi connectivity index (χ4v) is 7.30. The summed E-state index contributed by atoms with van der Waals surface area (Å²) < 4.78 is 91.1. The molecule has 1 fully saturated rings. The molecular formula is C32H43F5N4O3SSi. The van der Waals surface area contributed by atoms with Crippen molar-refractivity contribution in [1.82, 2.24) is 19.6 Å². The van der Waals surface area contributed by atoms with Crippen LogP contribution in [0.5, 0.6) is 0 Å². The predicted octanol–water partition coefficient (Wildman–Crippen LogP) is 8.05. The molecule has 0 aliphatic heterocycles. The van der Waals surface area contributed by atoms with Gasteiger partial charge in [-0.3, -0.25) is 4.79 Å². The molecule has 4 rings (SSSR count). The Labute approximate surface area is 270 Å². The molecule has 1 aliphatic rings. The van der Waals surface area contributed by atoms with Gasteiger partial charge in [-0.15, -0.1) is 0 Å². The number of ether oxygens (including phenoxy) is 1. The molecule has 3 atom stereocenters. The molecule has 7 nitrogen and oxygen atoms in total. The van der Waals surface area contributed by atoms with Gasteiger partial charge in [-0.05, 0) is 61.6 Å². The molecule has 254 valence electrons. The van der Waals surface area contributed by atoms with E-state index in [4.69, 9.17) is 9.72 Å². The molecule has 46 heavy (non-hydrogen) atoms. The lowest BCUT2D eigenvalue weighted by Gasteiger charge is -2.34. The van der Waals surface area contributed by atoms with Gasteiger partial charge in [-0.2, -0.15) is 13.2 Å². The molecule has 1 amide bonds. The maximum absolute atomic E-state index is 14.2. The van der Waals surface area contributed by atoms with E-state index in [0.717, 1.165) is 6.04 Å². The second-order valence-electron chi connectivity index (χ2n) is 13.3. The van der Waals surface area contributed by atoms with Crippen molar-refractivity contribution >= 4 is 36.0 Å². The highest BCUT2D eigenvalue weighted by atomic mass is 32.2. The molecule has 1 aliphatic carbocycles. The Balaban J connectivity index is 1.69. The Bertz CT molecular complexity index is 1490. The van der Waals surface area contributed by atoms with Gasteiger partial charge in [0, 0.05) is 33.9 Å². The number of amides is 1. The van der Waals surface area contributed by atoms with E-state index in [1.807, 2.05) is 16.7 Å². The van der Waals surface area contributed by atoms with Crippen molar-refractivity contribution in [3.05, 3.63) is 59.9 Å². The number of rotatable bonds is 14. The smallest absolute Gasteiger partial charge is 0.361 e. The molecule has 3 aromatic rings. The minimum absolute atomic E-state index is 0.137.